The van der Waals surface area contributed by atoms with Crippen LogP contribution in [0.4, 0.5) is 0 Å². The van der Waals surface area contributed by atoms with Gasteiger partial charge in [-0.2, -0.15) is 0 Å². The molecule has 1 aromatic carbocycles. The summed E-state index contributed by atoms with van der Waals surface area (Å²) in [6.45, 7) is 4.59. The van der Waals surface area contributed by atoms with E-state index in [1.807, 2.05) is 6.07 Å². The molecule has 1 fully saturated rings. The van der Waals surface area contributed by atoms with Crippen LogP contribution in [0.5, 0.6) is 0 Å². The van der Waals surface area contributed by atoms with Gasteiger partial charge in [0, 0.05) is 11.6 Å². The van der Waals surface area contributed by atoms with Gasteiger partial charge in [-0.15, -0.1) is 6.42 Å². The molecule has 1 aliphatic carbocycles. The Bertz CT molecular complexity index is 646. The summed E-state index contributed by atoms with van der Waals surface area (Å²) in [6, 6.07) is 6.85. The summed E-state index contributed by atoms with van der Waals surface area (Å²) in [7, 11) is 0. The summed E-state index contributed by atoms with van der Waals surface area (Å²) in [5, 5.41) is 4.37. The molecule has 24 heavy (non-hydrogen) atoms. The Balaban J connectivity index is 1.52. The van der Waals surface area contributed by atoms with Crippen molar-refractivity contribution in [3.05, 3.63) is 46.1 Å². The van der Waals surface area contributed by atoms with Gasteiger partial charge in [-0.3, -0.25) is 0 Å². The van der Waals surface area contributed by atoms with E-state index >= 15 is 0 Å². The van der Waals surface area contributed by atoms with Crippen molar-refractivity contribution in [3.8, 4) is 12.3 Å². The highest BCUT2D eigenvalue weighted by atomic mass is 35.5. The Morgan fingerprint density at radius 3 is 2.62 bits per heavy atom. The molecule has 3 rings (SSSR count). The lowest BCUT2D eigenvalue weighted by molar-refractivity contribution is 0.208. The first kappa shape index (κ1) is 17.4. The third-order valence-corrected chi connectivity index (χ3v) is 6.40. The van der Waals surface area contributed by atoms with Crippen LogP contribution in [0.15, 0.2) is 30.0 Å². The molecule has 0 bridgehead atoms. The summed E-state index contributed by atoms with van der Waals surface area (Å²) >= 11 is 6.24. The van der Waals surface area contributed by atoms with Crippen molar-refractivity contribution < 1.29 is 0 Å². The van der Waals surface area contributed by atoms with Gasteiger partial charge < -0.3 is 5.32 Å². The van der Waals surface area contributed by atoms with Crippen molar-refractivity contribution >= 4 is 11.6 Å². The molecule has 2 atom stereocenters. The highest BCUT2D eigenvalue weighted by Crippen LogP contribution is 2.36. The predicted octanol–water partition coefficient (Wildman–Crippen LogP) is 5.57. The first-order valence-electron chi connectivity index (χ1n) is 9.24. The molecule has 0 saturated heterocycles. The molecule has 128 valence electrons. The molecule has 0 aromatic heterocycles. The smallest absolute Gasteiger partial charge is 0.0565 e. The van der Waals surface area contributed by atoms with Gasteiger partial charge in [0.2, 0.25) is 0 Å². The number of nitrogens with one attached hydrogen (secondary N) is 1. The van der Waals surface area contributed by atoms with Crippen LogP contribution in [-0.4, -0.2) is 6.04 Å². The lowest BCUT2D eigenvalue weighted by Gasteiger charge is -2.38. The predicted molar refractivity (Wildman–Crippen MR) is 103 cm³/mol. The fraction of sp³-hybridized carbons (Fsp3) is 0.545. The largest absolute Gasteiger partial charge is 0.388 e. The minimum Gasteiger partial charge on any atom is -0.388 e. The Kier molecular flexibility index (Phi) is 5.57. The minimum absolute atomic E-state index is 0.675. The Morgan fingerprint density at radius 1 is 1.25 bits per heavy atom. The summed E-state index contributed by atoms with van der Waals surface area (Å²) in [6.07, 6.45) is 15.5. The molecule has 1 N–H and O–H groups in total. The maximum atomic E-state index is 6.24. The molecule has 0 spiro atoms. The van der Waals surface area contributed by atoms with Gasteiger partial charge >= 0.3 is 0 Å². The highest BCUT2D eigenvalue weighted by molar-refractivity contribution is 6.31. The zero-order valence-corrected chi connectivity index (χ0v) is 15.6. The second-order valence-electron chi connectivity index (χ2n) is 7.74. The van der Waals surface area contributed by atoms with Crippen molar-refractivity contribution in [3.63, 3.8) is 0 Å². The lowest BCUT2D eigenvalue weighted by atomic mass is 9.74. The van der Waals surface area contributed by atoms with Crippen LogP contribution in [0.3, 0.4) is 0 Å². The Hall–Kier alpha value is -1.39. The van der Waals surface area contributed by atoms with Gasteiger partial charge in [0.15, 0.2) is 0 Å². The van der Waals surface area contributed by atoms with E-state index in [9.17, 15) is 0 Å². The second kappa shape index (κ2) is 7.66. The van der Waals surface area contributed by atoms with Crippen LogP contribution < -0.4 is 5.32 Å². The van der Waals surface area contributed by atoms with Gasteiger partial charge in [0.25, 0.3) is 0 Å². The van der Waals surface area contributed by atoms with E-state index in [2.05, 4.69) is 43.4 Å². The molecule has 0 amide bonds. The van der Waals surface area contributed by atoms with Crippen LogP contribution in [-0.2, 0) is 6.42 Å². The van der Waals surface area contributed by atoms with E-state index in [1.54, 1.807) is 0 Å². The second-order valence-corrected chi connectivity index (χ2v) is 8.15. The number of hydrogen-bond donors (Lipinski definition) is 1. The number of rotatable bonds is 3. The highest BCUT2D eigenvalue weighted by Gasteiger charge is 2.30. The van der Waals surface area contributed by atoms with Crippen molar-refractivity contribution in [2.75, 3.05) is 0 Å². The van der Waals surface area contributed by atoms with Crippen LogP contribution in [0.25, 0.3) is 0 Å². The zero-order chi connectivity index (χ0) is 17.1. The zero-order valence-electron chi connectivity index (χ0n) is 14.8. The van der Waals surface area contributed by atoms with Crippen LogP contribution in [0.2, 0.25) is 5.02 Å². The Morgan fingerprint density at radius 2 is 2.00 bits per heavy atom. The Labute approximate surface area is 151 Å². The SMILES string of the molecule is C#Cc1ccc(CC2CCC(C3CC(C)C(C)=CN3)CC2)cc1Cl. The topological polar surface area (TPSA) is 12.0 Å². The molecule has 2 aliphatic rings. The molecule has 1 aliphatic heterocycles. The van der Waals surface area contributed by atoms with Crippen molar-refractivity contribution in [1.82, 2.24) is 5.32 Å². The maximum absolute atomic E-state index is 6.24. The van der Waals surface area contributed by atoms with Crippen molar-refractivity contribution in [2.45, 2.75) is 58.4 Å². The molecule has 1 aromatic rings. The number of halogens is 1. The molecule has 2 unspecified atom stereocenters. The van der Waals surface area contributed by atoms with Crippen LogP contribution in [0, 0.1) is 30.1 Å². The van der Waals surface area contributed by atoms with Crippen molar-refractivity contribution in [2.24, 2.45) is 17.8 Å². The quantitative estimate of drug-likeness (QED) is 0.708. The standard InChI is InChI=1S/C22H28ClN/c1-4-19-8-7-18(13-21(19)23)12-17-5-9-20(10-6-17)22-11-15(2)16(3)14-24-22/h1,7-8,13-15,17,20,22,24H,5-6,9-12H2,2-3H3. The fourth-order valence-electron chi connectivity index (χ4n) is 4.27. The molecule has 2 heteroatoms. The first-order valence-corrected chi connectivity index (χ1v) is 9.62. The van der Waals surface area contributed by atoms with Gasteiger partial charge in [-0.05, 0) is 87.1 Å². The third-order valence-electron chi connectivity index (χ3n) is 6.08. The van der Waals surface area contributed by atoms with E-state index in [0.29, 0.717) is 11.1 Å². The van der Waals surface area contributed by atoms with E-state index < -0.39 is 0 Å². The molecule has 1 nitrogen and oxygen atoms in total. The molecular formula is C22H28ClN. The molecule has 0 radical (unpaired) electrons. The number of terminal acetylenes is 1. The van der Waals surface area contributed by atoms with E-state index in [1.165, 1.54) is 43.2 Å². The van der Waals surface area contributed by atoms with Gasteiger partial charge in [0.05, 0.1) is 5.02 Å². The number of benzene rings is 1. The van der Waals surface area contributed by atoms with Crippen LogP contribution in [0.1, 0.15) is 57.1 Å². The summed E-state index contributed by atoms with van der Waals surface area (Å²) in [5.41, 5.74) is 3.61. The van der Waals surface area contributed by atoms with E-state index in [0.717, 1.165) is 29.7 Å². The van der Waals surface area contributed by atoms with Crippen LogP contribution >= 0.6 is 11.6 Å². The van der Waals surface area contributed by atoms with E-state index in [-0.39, 0.29) is 0 Å². The fourth-order valence-corrected chi connectivity index (χ4v) is 4.53. The van der Waals surface area contributed by atoms with Gasteiger partial charge in [0.1, 0.15) is 0 Å². The lowest BCUT2D eigenvalue weighted by Crippen LogP contribution is -2.39. The summed E-state index contributed by atoms with van der Waals surface area (Å²) < 4.78 is 0. The summed E-state index contributed by atoms with van der Waals surface area (Å²) in [5.74, 6) is 4.98. The normalized spacial score (nSPS) is 30.2. The molecular weight excluding hydrogens is 314 g/mol. The average molecular weight is 342 g/mol. The first-order chi connectivity index (χ1) is 11.6. The van der Waals surface area contributed by atoms with Gasteiger partial charge in [-0.1, -0.05) is 36.1 Å². The number of allylic oxidation sites excluding steroid dienone is 1. The van der Waals surface area contributed by atoms with E-state index in [4.69, 9.17) is 18.0 Å². The minimum atomic E-state index is 0.675. The molecule has 1 heterocycles. The molecule has 1 saturated carbocycles. The number of hydrogen-bond acceptors (Lipinski definition) is 1. The third kappa shape index (κ3) is 3.98. The van der Waals surface area contributed by atoms with Gasteiger partial charge in [-0.25, -0.2) is 0 Å². The van der Waals surface area contributed by atoms with Crippen molar-refractivity contribution in [1.29, 1.82) is 0 Å². The monoisotopic (exact) mass is 341 g/mol. The maximum Gasteiger partial charge on any atom is 0.0565 e. The average Bonchev–Trinajstić information content (AvgIpc) is 2.58. The summed E-state index contributed by atoms with van der Waals surface area (Å²) in [4.78, 5) is 0.